The molecule has 0 amide bonds. The van der Waals surface area contributed by atoms with Crippen LogP contribution in [-0.2, 0) is 4.79 Å². The molecule has 0 aromatic heterocycles. The molecular weight excluding hydrogens is 280 g/mol. The van der Waals surface area contributed by atoms with E-state index in [2.05, 4.69) is 0 Å². The molecule has 0 spiro atoms. The van der Waals surface area contributed by atoms with Gasteiger partial charge < -0.3 is 4.74 Å². The molecule has 0 bridgehead atoms. The fraction of sp³-hybridized carbons (Fsp3) is 0.133. The van der Waals surface area contributed by atoms with Crippen LogP contribution in [0.25, 0.3) is 0 Å². The first kappa shape index (κ1) is 14.0. The van der Waals surface area contributed by atoms with E-state index in [1.54, 1.807) is 36.0 Å². The van der Waals surface area contributed by atoms with Crippen molar-refractivity contribution in [1.82, 2.24) is 0 Å². The third-order valence-corrected chi connectivity index (χ3v) is 3.70. The molecule has 19 heavy (non-hydrogen) atoms. The van der Waals surface area contributed by atoms with E-state index in [0.717, 1.165) is 4.90 Å². The highest BCUT2D eigenvalue weighted by Crippen LogP contribution is 2.24. The molecule has 0 aliphatic rings. The molecule has 0 atom stereocenters. The number of carbonyl (C=O) groups is 1. The van der Waals surface area contributed by atoms with Gasteiger partial charge in [-0.3, -0.25) is 4.79 Å². The number of para-hydroxylation sites is 1. The van der Waals surface area contributed by atoms with Gasteiger partial charge in [-0.1, -0.05) is 41.9 Å². The Morgan fingerprint density at radius 1 is 1.05 bits per heavy atom. The minimum absolute atomic E-state index is 0.267. The molecule has 0 N–H and O–H groups in total. The topological polar surface area (TPSA) is 26.3 Å². The number of hydrogen-bond donors (Lipinski definition) is 0. The second-order valence-corrected chi connectivity index (χ2v) is 5.39. The number of halogens is 1. The predicted molar refractivity (Wildman–Crippen MR) is 78.9 cm³/mol. The lowest BCUT2D eigenvalue weighted by atomic mass is 10.3. The van der Waals surface area contributed by atoms with E-state index < -0.39 is 0 Å². The van der Waals surface area contributed by atoms with Crippen LogP contribution in [0.2, 0.25) is 5.02 Å². The molecule has 2 rings (SSSR count). The highest BCUT2D eigenvalue weighted by molar-refractivity contribution is 7.99. The summed E-state index contributed by atoms with van der Waals surface area (Å²) >= 11 is 7.55. The van der Waals surface area contributed by atoms with Crippen molar-refractivity contribution in [3.63, 3.8) is 0 Å². The van der Waals surface area contributed by atoms with Crippen molar-refractivity contribution in [2.75, 3.05) is 5.75 Å². The Labute approximate surface area is 121 Å². The summed E-state index contributed by atoms with van der Waals surface area (Å²) in [6.07, 6.45) is 0.352. The third kappa shape index (κ3) is 4.62. The van der Waals surface area contributed by atoms with Crippen LogP contribution in [0.15, 0.2) is 59.5 Å². The Morgan fingerprint density at radius 3 is 2.47 bits per heavy atom. The number of rotatable bonds is 5. The molecule has 4 heteroatoms. The van der Waals surface area contributed by atoms with Gasteiger partial charge in [0.1, 0.15) is 5.75 Å². The number of ether oxygens (including phenoxy) is 1. The first-order valence-electron chi connectivity index (χ1n) is 5.89. The van der Waals surface area contributed by atoms with Gasteiger partial charge in [-0.05, 0) is 24.3 Å². The summed E-state index contributed by atoms with van der Waals surface area (Å²) < 4.78 is 5.20. The molecule has 0 fully saturated rings. The fourth-order valence-electron chi connectivity index (χ4n) is 1.47. The molecule has 0 aliphatic carbocycles. The maximum Gasteiger partial charge on any atom is 0.312 e. The third-order valence-electron chi connectivity index (χ3n) is 2.38. The predicted octanol–water partition coefficient (Wildman–Crippen LogP) is 4.43. The molecule has 0 radical (unpaired) electrons. The number of esters is 1. The van der Waals surface area contributed by atoms with E-state index in [4.69, 9.17) is 16.3 Å². The Balaban J connectivity index is 1.78. The van der Waals surface area contributed by atoms with Gasteiger partial charge in [0.2, 0.25) is 0 Å². The van der Waals surface area contributed by atoms with Crippen LogP contribution in [0, 0.1) is 0 Å². The molecular formula is C15H13ClO2S. The smallest absolute Gasteiger partial charge is 0.312 e. The Kier molecular flexibility index (Phi) is 5.31. The van der Waals surface area contributed by atoms with Gasteiger partial charge in [0.25, 0.3) is 0 Å². The van der Waals surface area contributed by atoms with Crippen LogP contribution in [0.1, 0.15) is 6.42 Å². The average Bonchev–Trinajstić information content (AvgIpc) is 2.43. The van der Waals surface area contributed by atoms with Crippen molar-refractivity contribution in [1.29, 1.82) is 0 Å². The molecule has 0 heterocycles. The van der Waals surface area contributed by atoms with Gasteiger partial charge in [0.05, 0.1) is 11.4 Å². The lowest BCUT2D eigenvalue weighted by molar-refractivity contribution is -0.133. The lowest BCUT2D eigenvalue weighted by Crippen LogP contribution is -2.08. The monoisotopic (exact) mass is 292 g/mol. The van der Waals surface area contributed by atoms with Crippen LogP contribution in [0.4, 0.5) is 0 Å². The van der Waals surface area contributed by atoms with E-state index >= 15 is 0 Å². The first-order valence-corrected chi connectivity index (χ1v) is 7.25. The minimum Gasteiger partial charge on any atom is -0.425 e. The summed E-state index contributed by atoms with van der Waals surface area (Å²) in [7, 11) is 0. The van der Waals surface area contributed by atoms with Crippen molar-refractivity contribution in [3.05, 3.63) is 59.6 Å². The van der Waals surface area contributed by atoms with Crippen molar-refractivity contribution in [3.8, 4) is 5.75 Å². The first-order chi connectivity index (χ1) is 9.25. The number of benzene rings is 2. The van der Waals surface area contributed by atoms with Crippen LogP contribution in [0.3, 0.4) is 0 Å². The molecule has 0 aliphatic heterocycles. The summed E-state index contributed by atoms with van der Waals surface area (Å²) in [5, 5.41) is 0.451. The summed E-state index contributed by atoms with van der Waals surface area (Å²) in [6.45, 7) is 0. The van der Waals surface area contributed by atoms with Gasteiger partial charge in [-0.25, -0.2) is 0 Å². The molecule has 2 aromatic carbocycles. The van der Waals surface area contributed by atoms with Gasteiger partial charge in [-0.15, -0.1) is 11.8 Å². The lowest BCUT2D eigenvalue weighted by Gasteiger charge is -2.05. The second kappa shape index (κ2) is 7.22. The van der Waals surface area contributed by atoms with Crippen molar-refractivity contribution in [2.45, 2.75) is 11.3 Å². The summed E-state index contributed by atoms with van der Waals surface area (Å²) in [5.41, 5.74) is 0. The quantitative estimate of drug-likeness (QED) is 0.463. The maximum absolute atomic E-state index is 11.7. The van der Waals surface area contributed by atoms with Crippen LogP contribution >= 0.6 is 23.4 Å². The van der Waals surface area contributed by atoms with Crippen molar-refractivity contribution < 1.29 is 9.53 Å². The largest absolute Gasteiger partial charge is 0.425 e. The molecule has 2 nitrogen and oxygen atoms in total. The highest BCUT2D eigenvalue weighted by Gasteiger charge is 2.07. The van der Waals surface area contributed by atoms with Gasteiger partial charge in [0.15, 0.2) is 0 Å². The minimum atomic E-state index is -0.267. The van der Waals surface area contributed by atoms with Crippen LogP contribution in [-0.4, -0.2) is 11.7 Å². The number of thioether (sulfide) groups is 1. The SMILES string of the molecule is O=C(CCSc1ccccc1)Oc1ccccc1Cl. The molecule has 98 valence electrons. The number of hydrogen-bond acceptors (Lipinski definition) is 3. The van der Waals surface area contributed by atoms with E-state index in [-0.39, 0.29) is 5.97 Å². The zero-order valence-corrected chi connectivity index (χ0v) is 11.8. The Morgan fingerprint density at radius 2 is 1.74 bits per heavy atom. The highest BCUT2D eigenvalue weighted by atomic mass is 35.5. The second-order valence-electron chi connectivity index (χ2n) is 3.82. The van der Waals surface area contributed by atoms with Crippen molar-refractivity contribution >= 4 is 29.3 Å². The molecule has 0 saturated heterocycles. The molecule has 2 aromatic rings. The van der Waals surface area contributed by atoms with E-state index in [1.807, 2.05) is 30.3 Å². The van der Waals surface area contributed by atoms with E-state index in [0.29, 0.717) is 22.9 Å². The maximum atomic E-state index is 11.7. The standard InChI is InChI=1S/C15H13ClO2S/c16-13-8-4-5-9-14(13)18-15(17)10-11-19-12-6-2-1-3-7-12/h1-9H,10-11H2. The van der Waals surface area contributed by atoms with E-state index in [9.17, 15) is 4.79 Å². The molecule has 0 saturated carbocycles. The summed E-state index contributed by atoms with van der Waals surface area (Å²) in [4.78, 5) is 12.8. The molecule has 0 unspecified atom stereocenters. The normalized spacial score (nSPS) is 10.2. The van der Waals surface area contributed by atoms with Crippen molar-refractivity contribution in [2.24, 2.45) is 0 Å². The van der Waals surface area contributed by atoms with Crippen LogP contribution < -0.4 is 4.74 Å². The zero-order valence-electron chi connectivity index (χ0n) is 10.2. The van der Waals surface area contributed by atoms with Gasteiger partial charge in [-0.2, -0.15) is 0 Å². The zero-order chi connectivity index (χ0) is 13.5. The number of carbonyl (C=O) groups excluding carboxylic acids is 1. The van der Waals surface area contributed by atoms with Gasteiger partial charge in [0, 0.05) is 10.6 Å². The van der Waals surface area contributed by atoms with Crippen LogP contribution in [0.5, 0.6) is 5.75 Å². The van der Waals surface area contributed by atoms with E-state index in [1.165, 1.54) is 0 Å². The Hall–Kier alpha value is -1.45. The fourth-order valence-corrected chi connectivity index (χ4v) is 2.50. The summed E-state index contributed by atoms with van der Waals surface area (Å²) in [6, 6.07) is 16.9. The Bertz CT molecular complexity index is 543. The summed E-state index contributed by atoms with van der Waals surface area (Å²) in [5.74, 6) is 0.836. The average molecular weight is 293 g/mol. The van der Waals surface area contributed by atoms with Gasteiger partial charge >= 0.3 is 5.97 Å².